The van der Waals surface area contributed by atoms with Gasteiger partial charge >= 0.3 is 0 Å². The Hall–Kier alpha value is -4.59. The van der Waals surface area contributed by atoms with Gasteiger partial charge in [-0.2, -0.15) is 0 Å². The molecule has 5 rings (SSSR count). The molecule has 1 aliphatic heterocycles. The molecule has 1 aliphatic rings. The van der Waals surface area contributed by atoms with Crippen LogP contribution in [-0.4, -0.2) is 36.2 Å². The molecule has 0 saturated carbocycles. The van der Waals surface area contributed by atoms with Crippen molar-refractivity contribution < 1.29 is 19.0 Å². The van der Waals surface area contributed by atoms with Crippen molar-refractivity contribution in [1.82, 2.24) is 15.3 Å². The first-order chi connectivity index (χ1) is 17.6. The molecule has 2 N–H and O–H groups in total. The summed E-state index contributed by atoms with van der Waals surface area (Å²) in [7, 11) is 1.58. The van der Waals surface area contributed by atoms with Gasteiger partial charge in [-0.3, -0.25) is 9.78 Å². The van der Waals surface area contributed by atoms with E-state index in [2.05, 4.69) is 20.6 Å². The van der Waals surface area contributed by atoms with Crippen LogP contribution in [0.25, 0.3) is 11.3 Å². The maximum absolute atomic E-state index is 12.5. The smallest absolute Gasteiger partial charge is 0.251 e. The number of benzene rings is 2. The van der Waals surface area contributed by atoms with Gasteiger partial charge in [-0.05, 0) is 67.6 Å². The van der Waals surface area contributed by atoms with Crippen LogP contribution in [0.15, 0.2) is 72.8 Å². The Kier molecular flexibility index (Phi) is 6.66. The number of nitrogens with one attached hydrogen (secondary N) is 2. The highest BCUT2D eigenvalue weighted by Crippen LogP contribution is 2.40. The van der Waals surface area contributed by atoms with Gasteiger partial charge in [0.25, 0.3) is 5.91 Å². The number of carbonyl (C=O) groups is 1. The topological polar surface area (TPSA) is 94.6 Å². The predicted octanol–water partition coefficient (Wildman–Crippen LogP) is 4.91. The van der Waals surface area contributed by atoms with Gasteiger partial charge in [0.2, 0.25) is 5.88 Å². The molecular weight excluding hydrogens is 456 g/mol. The van der Waals surface area contributed by atoms with Crippen LogP contribution >= 0.6 is 0 Å². The van der Waals surface area contributed by atoms with Crippen molar-refractivity contribution in [1.29, 1.82) is 0 Å². The zero-order chi connectivity index (χ0) is 24.9. The molecule has 0 spiro atoms. The fourth-order valence-corrected chi connectivity index (χ4v) is 3.95. The first-order valence-corrected chi connectivity index (χ1v) is 11.6. The summed E-state index contributed by atoms with van der Waals surface area (Å²) in [6.07, 6.45) is 0. The van der Waals surface area contributed by atoms with E-state index in [4.69, 9.17) is 14.2 Å². The molecular formula is C28H26N4O4. The van der Waals surface area contributed by atoms with E-state index in [1.165, 1.54) is 0 Å². The number of carbonyl (C=O) groups excluding carboxylic acids is 1. The van der Waals surface area contributed by atoms with Crippen molar-refractivity contribution in [3.05, 3.63) is 89.7 Å². The average molecular weight is 483 g/mol. The number of aromatic nitrogens is 2. The Balaban J connectivity index is 1.28. The largest absolute Gasteiger partial charge is 0.486 e. The fourth-order valence-electron chi connectivity index (χ4n) is 3.95. The van der Waals surface area contributed by atoms with Gasteiger partial charge in [-0.25, -0.2) is 4.98 Å². The minimum absolute atomic E-state index is 0.161. The maximum atomic E-state index is 12.5. The Morgan fingerprint density at radius 3 is 2.56 bits per heavy atom. The van der Waals surface area contributed by atoms with E-state index in [-0.39, 0.29) is 5.91 Å². The molecule has 8 nitrogen and oxygen atoms in total. The third-order valence-electron chi connectivity index (χ3n) is 5.70. The lowest BCUT2D eigenvalue weighted by atomic mass is 10.1. The lowest BCUT2D eigenvalue weighted by Gasteiger charge is -2.21. The number of methoxy groups -OCH3 is 1. The lowest BCUT2D eigenvalue weighted by molar-refractivity contribution is 0.0950. The molecule has 0 atom stereocenters. The van der Waals surface area contributed by atoms with Crippen LogP contribution in [0.5, 0.6) is 17.4 Å². The number of aryl methyl sites for hydroxylation is 1. The number of pyridine rings is 2. The molecule has 2 aromatic heterocycles. The molecule has 2 aromatic carbocycles. The summed E-state index contributed by atoms with van der Waals surface area (Å²) in [6.45, 7) is 3.32. The Morgan fingerprint density at radius 2 is 1.75 bits per heavy atom. The van der Waals surface area contributed by atoms with Crippen LogP contribution in [0.1, 0.15) is 21.7 Å². The van der Waals surface area contributed by atoms with Crippen LogP contribution in [0.2, 0.25) is 0 Å². The van der Waals surface area contributed by atoms with Crippen LogP contribution in [0.3, 0.4) is 0 Å². The van der Waals surface area contributed by atoms with Crippen molar-refractivity contribution in [3.8, 4) is 28.6 Å². The zero-order valence-electron chi connectivity index (χ0n) is 20.1. The summed E-state index contributed by atoms with van der Waals surface area (Å²) in [6, 6.07) is 22.5. The second-order valence-electron chi connectivity index (χ2n) is 8.24. The highest BCUT2D eigenvalue weighted by Gasteiger charge is 2.19. The van der Waals surface area contributed by atoms with E-state index in [1.807, 2.05) is 67.6 Å². The molecule has 0 aliphatic carbocycles. The van der Waals surface area contributed by atoms with Crippen LogP contribution in [-0.2, 0) is 6.54 Å². The van der Waals surface area contributed by atoms with Gasteiger partial charge in [-0.1, -0.05) is 12.1 Å². The molecule has 0 bridgehead atoms. The van der Waals surface area contributed by atoms with E-state index < -0.39 is 0 Å². The number of para-hydroxylation sites is 1. The molecule has 1 amide bonds. The number of ether oxygens (including phenoxy) is 3. The minimum Gasteiger partial charge on any atom is -0.486 e. The normalized spacial score (nSPS) is 12.1. The first-order valence-electron chi connectivity index (χ1n) is 11.6. The first kappa shape index (κ1) is 23.2. The SMILES string of the molecule is COc1nc(-c2cccc3c2OCCO3)ccc1Nc1ccc(C(=O)NCc2cccc(C)n2)cc1. The van der Waals surface area contributed by atoms with Gasteiger partial charge in [0, 0.05) is 22.5 Å². The summed E-state index contributed by atoms with van der Waals surface area (Å²) in [5.74, 6) is 1.67. The fraction of sp³-hybridized carbons (Fsp3) is 0.179. The summed E-state index contributed by atoms with van der Waals surface area (Å²) in [5, 5.41) is 6.21. The predicted molar refractivity (Wildman–Crippen MR) is 137 cm³/mol. The van der Waals surface area contributed by atoms with E-state index >= 15 is 0 Å². The number of rotatable bonds is 7. The maximum Gasteiger partial charge on any atom is 0.251 e. The van der Waals surface area contributed by atoms with Crippen molar-refractivity contribution >= 4 is 17.3 Å². The number of amides is 1. The average Bonchev–Trinajstić information content (AvgIpc) is 2.92. The molecule has 8 heteroatoms. The minimum atomic E-state index is -0.161. The van der Waals surface area contributed by atoms with E-state index in [9.17, 15) is 4.79 Å². The van der Waals surface area contributed by atoms with Gasteiger partial charge in [0.1, 0.15) is 18.9 Å². The highest BCUT2D eigenvalue weighted by molar-refractivity contribution is 5.94. The molecule has 0 unspecified atom stereocenters. The number of anilines is 2. The number of fused-ring (bicyclic) bond motifs is 1. The molecule has 3 heterocycles. The third kappa shape index (κ3) is 5.07. The molecule has 0 radical (unpaired) electrons. The van der Waals surface area contributed by atoms with E-state index in [0.29, 0.717) is 48.4 Å². The van der Waals surface area contributed by atoms with Crippen LogP contribution in [0.4, 0.5) is 11.4 Å². The molecule has 0 saturated heterocycles. The standard InChI is InChI=1S/C28H26N4O4/c1-18-5-3-6-21(30-18)17-29-27(33)19-9-11-20(12-10-19)31-24-14-13-23(32-28(24)34-2)22-7-4-8-25-26(22)36-16-15-35-25/h3-14,31H,15-17H2,1-2H3,(H,29,33). The molecule has 36 heavy (non-hydrogen) atoms. The monoisotopic (exact) mass is 482 g/mol. The Labute approximate surface area is 209 Å². The highest BCUT2D eigenvalue weighted by atomic mass is 16.6. The molecule has 0 fully saturated rings. The number of hydrogen-bond donors (Lipinski definition) is 2. The summed E-state index contributed by atoms with van der Waals surface area (Å²) >= 11 is 0. The number of nitrogens with zero attached hydrogens (tertiary/aromatic N) is 2. The van der Waals surface area contributed by atoms with Crippen LogP contribution < -0.4 is 24.8 Å². The number of hydrogen-bond acceptors (Lipinski definition) is 7. The van der Waals surface area contributed by atoms with E-state index in [0.717, 1.165) is 28.3 Å². The van der Waals surface area contributed by atoms with Gasteiger partial charge in [0.15, 0.2) is 11.5 Å². The quantitative estimate of drug-likeness (QED) is 0.387. The van der Waals surface area contributed by atoms with Crippen molar-refractivity contribution in [2.24, 2.45) is 0 Å². The van der Waals surface area contributed by atoms with Crippen molar-refractivity contribution in [3.63, 3.8) is 0 Å². The summed E-state index contributed by atoms with van der Waals surface area (Å²) in [5.41, 5.74) is 5.35. The van der Waals surface area contributed by atoms with Crippen molar-refractivity contribution in [2.75, 3.05) is 25.6 Å². The van der Waals surface area contributed by atoms with Crippen molar-refractivity contribution in [2.45, 2.75) is 13.5 Å². The Bertz CT molecular complexity index is 1390. The second kappa shape index (κ2) is 10.4. The third-order valence-corrected chi connectivity index (χ3v) is 5.70. The Morgan fingerprint density at radius 1 is 0.944 bits per heavy atom. The van der Waals surface area contributed by atoms with Gasteiger partial charge < -0.3 is 24.8 Å². The zero-order valence-corrected chi connectivity index (χ0v) is 20.1. The lowest BCUT2D eigenvalue weighted by Crippen LogP contribution is -2.23. The molecule has 4 aromatic rings. The van der Waals surface area contributed by atoms with Gasteiger partial charge in [-0.15, -0.1) is 0 Å². The van der Waals surface area contributed by atoms with Crippen LogP contribution in [0, 0.1) is 6.92 Å². The summed E-state index contributed by atoms with van der Waals surface area (Å²) in [4.78, 5) is 21.6. The molecule has 182 valence electrons. The van der Waals surface area contributed by atoms with Gasteiger partial charge in [0.05, 0.1) is 25.0 Å². The van der Waals surface area contributed by atoms with E-state index in [1.54, 1.807) is 19.2 Å². The second-order valence-corrected chi connectivity index (χ2v) is 8.24. The summed E-state index contributed by atoms with van der Waals surface area (Å²) < 4.78 is 17.1.